The predicted molar refractivity (Wildman–Crippen MR) is 153 cm³/mol. The standard InChI is InChI=1S/C29H24FN7O.ClH/c1-16(2)8-26(38)33-21-10-19(12-31-13-21)17-6-7-24-22(11-17)28(37-36-24)29-34-25-15-32-14-23(27(25)35-29)18-4-3-5-20(30)9-18;/h3-7,9-16H,8H2,1-2H3,(H,33,38)(H,34,35)(H,36,37);1H. The highest BCUT2D eigenvalue weighted by Gasteiger charge is 2.17. The Bertz CT molecular complexity index is 1810. The Kier molecular flexibility index (Phi) is 7.08. The molecule has 4 heterocycles. The van der Waals surface area contributed by atoms with Crippen LogP contribution in [0.5, 0.6) is 0 Å². The van der Waals surface area contributed by atoms with Gasteiger partial charge in [-0.25, -0.2) is 9.37 Å². The van der Waals surface area contributed by atoms with Gasteiger partial charge in [0.1, 0.15) is 11.5 Å². The summed E-state index contributed by atoms with van der Waals surface area (Å²) in [4.78, 5) is 29.0. The predicted octanol–water partition coefficient (Wildman–Crippen LogP) is 6.78. The van der Waals surface area contributed by atoms with Crippen LogP contribution in [0.4, 0.5) is 10.1 Å². The largest absolute Gasteiger partial charge is 0.335 e. The number of imidazole rings is 1. The minimum Gasteiger partial charge on any atom is -0.335 e. The number of benzene rings is 2. The molecule has 2 aromatic carbocycles. The van der Waals surface area contributed by atoms with Crippen LogP contribution in [-0.2, 0) is 4.79 Å². The number of nitrogens with one attached hydrogen (secondary N) is 3. The van der Waals surface area contributed by atoms with Crippen molar-refractivity contribution in [2.75, 3.05) is 5.32 Å². The first-order valence-corrected chi connectivity index (χ1v) is 12.3. The van der Waals surface area contributed by atoms with Crippen LogP contribution in [0.3, 0.4) is 0 Å². The van der Waals surface area contributed by atoms with E-state index in [2.05, 4.69) is 30.5 Å². The van der Waals surface area contributed by atoms with Crippen LogP contribution < -0.4 is 5.32 Å². The highest BCUT2D eigenvalue weighted by atomic mass is 35.5. The van der Waals surface area contributed by atoms with Crippen molar-refractivity contribution in [1.82, 2.24) is 30.1 Å². The number of carbonyl (C=O) groups excluding carboxylic acids is 1. The number of amides is 1. The fourth-order valence-electron chi connectivity index (χ4n) is 4.54. The monoisotopic (exact) mass is 541 g/mol. The Labute approximate surface area is 229 Å². The van der Waals surface area contributed by atoms with E-state index in [0.717, 1.165) is 33.1 Å². The van der Waals surface area contributed by atoms with Crippen LogP contribution in [0.2, 0.25) is 0 Å². The molecule has 0 saturated heterocycles. The van der Waals surface area contributed by atoms with Gasteiger partial charge in [0.15, 0.2) is 5.82 Å². The first kappa shape index (κ1) is 26.0. The van der Waals surface area contributed by atoms with Gasteiger partial charge in [-0.3, -0.25) is 19.9 Å². The summed E-state index contributed by atoms with van der Waals surface area (Å²) in [6.07, 6.45) is 7.23. The molecule has 0 unspecified atom stereocenters. The Hall–Kier alpha value is -4.63. The number of aromatic amines is 2. The van der Waals surface area contributed by atoms with E-state index in [-0.39, 0.29) is 30.0 Å². The molecule has 0 spiro atoms. The summed E-state index contributed by atoms with van der Waals surface area (Å²) in [5.41, 5.74) is 6.77. The number of H-pyrrole nitrogens is 2. The third-order valence-corrected chi connectivity index (χ3v) is 6.27. The maximum Gasteiger partial charge on any atom is 0.224 e. The van der Waals surface area contributed by atoms with Gasteiger partial charge in [-0.05, 0) is 47.4 Å². The van der Waals surface area contributed by atoms with Crippen LogP contribution >= 0.6 is 12.4 Å². The molecular formula is C29H25ClFN7O. The Balaban J connectivity index is 0.00000308. The molecule has 8 nitrogen and oxygen atoms in total. The maximum absolute atomic E-state index is 13.9. The number of nitrogens with zero attached hydrogens (tertiary/aromatic N) is 4. The summed E-state index contributed by atoms with van der Waals surface area (Å²) in [6, 6.07) is 14.2. The van der Waals surface area contributed by atoms with Crippen molar-refractivity contribution in [3.8, 4) is 33.8 Å². The molecule has 0 aliphatic carbocycles. The Morgan fingerprint density at radius 3 is 2.62 bits per heavy atom. The molecule has 10 heteroatoms. The van der Waals surface area contributed by atoms with Crippen LogP contribution in [0.25, 0.3) is 55.7 Å². The zero-order chi connectivity index (χ0) is 26.2. The molecule has 0 aliphatic rings. The minimum atomic E-state index is -0.320. The second-order valence-corrected chi connectivity index (χ2v) is 9.62. The highest BCUT2D eigenvalue weighted by Crippen LogP contribution is 2.33. The van der Waals surface area contributed by atoms with Gasteiger partial charge < -0.3 is 10.3 Å². The van der Waals surface area contributed by atoms with Gasteiger partial charge in [-0.1, -0.05) is 32.0 Å². The number of carbonyl (C=O) groups is 1. The zero-order valence-electron chi connectivity index (χ0n) is 21.2. The van der Waals surface area contributed by atoms with Crippen molar-refractivity contribution in [1.29, 1.82) is 0 Å². The summed E-state index contributed by atoms with van der Waals surface area (Å²) < 4.78 is 13.9. The zero-order valence-corrected chi connectivity index (χ0v) is 22.0. The number of anilines is 1. The molecule has 3 N–H and O–H groups in total. The fraction of sp³-hybridized carbons (Fsp3) is 0.138. The van der Waals surface area contributed by atoms with Crippen molar-refractivity contribution in [3.63, 3.8) is 0 Å². The van der Waals surface area contributed by atoms with Crippen molar-refractivity contribution in [3.05, 3.63) is 79.1 Å². The Morgan fingerprint density at radius 1 is 0.949 bits per heavy atom. The number of rotatable bonds is 6. The van der Waals surface area contributed by atoms with E-state index >= 15 is 0 Å². The van der Waals surface area contributed by atoms with E-state index in [9.17, 15) is 9.18 Å². The third kappa shape index (κ3) is 5.21. The number of fused-ring (bicyclic) bond motifs is 2. The lowest BCUT2D eigenvalue weighted by atomic mass is 10.0. The molecule has 6 rings (SSSR count). The third-order valence-electron chi connectivity index (χ3n) is 6.27. The number of hydrogen-bond donors (Lipinski definition) is 3. The van der Waals surface area contributed by atoms with Crippen molar-refractivity contribution < 1.29 is 9.18 Å². The number of halogens is 2. The second-order valence-electron chi connectivity index (χ2n) is 9.62. The summed E-state index contributed by atoms with van der Waals surface area (Å²) in [5.74, 6) is 0.483. The number of pyridine rings is 2. The van der Waals surface area contributed by atoms with Crippen LogP contribution in [0.15, 0.2) is 73.3 Å². The Morgan fingerprint density at radius 2 is 1.79 bits per heavy atom. The SMILES string of the molecule is CC(C)CC(=O)Nc1cncc(-c2ccc3[nH]nc(-c4nc5c(-c6cccc(F)c6)cncc5[nH]4)c3c2)c1.Cl. The highest BCUT2D eigenvalue weighted by molar-refractivity contribution is 5.98. The smallest absolute Gasteiger partial charge is 0.224 e. The molecule has 0 fully saturated rings. The van der Waals surface area contributed by atoms with Gasteiger partial charge >= 0.3 is 0 Å². The summed E-state index contributed by atoms with van der Waals surface area (Å²) in [6.45, 7) is 4.01. The summed E-state index contributed by atoms with van der Waals surface area (Å²) >= 11 is 0. The van der Waals surface area contributed by atoms with Gasteiger partial charge in [0, 0.05) is 35.3 Å². The molecule has 0 saturated carbocycles. The molecule has 0 atom stereocenters. The average molecular weight is 542 g/mol. The first-order chi connectivity index (χ1) is 18.4. The molecule has 1 amide bonds. The van der Waals surface area contributed by atoms with Gasteiger partial charge in [0.05, 0.1) is 34.6 Å². The molecule has 39 heavy (non-hydrogen) atoms. The van der Waals surface area contributed by atoms with Crippen molar-refractivity contribution >= 4 is 45.9 Å². The van der Waals surface area contributed by atoms with E-state index in [1.165, 1.54) is 12.1 Å². The lowest BCUT2D eigenvalue weighted by molar-refractivity contribution is -0.116. The molecule has 0 bridgehead atoms. The summed E-state index contributed by atoms with van der Waals surface area (Å²) in [5, 5.41) is 11.4. The van der Waals surface area contributed by atoms with Crippen molar-refractivity contribution in [2.24, 2.45) is 5.92 Å². The van der Waals surface area contributed by atoms with Gasteiger partial charge in [0.25, 0.3) is 0 Å². The topological polar surface area (TPSA) is 112 Å². The van der Waals surface area contributed by atoms with Crippen LogP contribution in [0.1, 0.15) is 20.3 Å². The van der Waals surface area contributed by atoms with E-state index in [1.54, 1.807) is 30.9 Å². The van der Waals surface area contributed by atoms with Gasteiger partial charge in [0.2, 0.25) is 5.91 Å². The lowest BCUT2D eigenvalue weighted by Crippen LogP contribution is -2.13. The minimum absolute atomic E-state index is 0. The summed E-state index contributed by atoms with van der Waals surface area (Å²) in [7, 11) is 0. The van der Waals surface area contributed by atoms with E-state index < -0.39 is 0 Å². The molecule has 6 aromatic rings. The number of aromatic nitrogens is 6. The van der Waals surface area contributed by atoms with Gasteiger partial charge in [-0.15, -0.1) is 12.4 Å². The van der Waals surface area contributed by atoms with E-state index in [1.807, 2.05) is 44.2 Å². The first-order valence-electron chi connectivity index (χ1n) is 12.3. The lowest BCUT2D eigenvalue weighted by Gasteiger charge is -2.09. The maximum atomic E-state index is 13.9. The van der Waals surface area contributed by atoms with Crippen LogP contribution in [0, 0.1) is 11.7 Å². The molecule has 0 radical (unpaired) electrons. The molecular weight excluding hydrogens is 517 g/mol. The van der Waals surface area contributed by atoms with E-state index in [4.69, 9.17) is 4.98 Å². The second kappa shape index (κ2) is 10.6. The normalized spacial score (nSPS) is 11.2. The fourth-order valence-corrected chi connectivity index (χ4v) is 4.54. The van der Waals surface area contributed by atoms with Crippen molar-refractivity contribution in [2.45, 2.75) is 20.3 Å². The van der Waals surface area contributed by atoms with Crippen LogP contribution in [-0.4, -0.2) is 36.0 Å². The quantitative estimate of drug-likeness (QED) is 0.215. The van der Waals surface area contributed by atoms with E-state index in [0.29, 0.717) is 34.7 Å². The molecule has 4 aromatic heterocycles. The number of hydrogen-bond acceptors (Lipinski definition) is 5. The molecule has 196 valence electrons. The average Bonchev–Trinajstić information content (AvgIpc) is 3.52. The molecule has 0 aliphatic heterocycles. The van der Waals surface area contributed by atoms with Gasteiger partial charge in [-0.2, -0.15) is 5.10 Å².